The molecule has 0 N–H and O–H groups in total. The highest BCUT2D eigenvalue weighted by Crippen LogP contribution is 2.36. The van der Waals surface area contributed by atoms with E-state index in [0.29, 0.717) is 18.6 Å². The van der Waals surface area contributed by atoms with Crippen LogP contribution in [0.15, 0.2) is 18.2 Å². The van der Waals surface area contributed by atoms with Crippen LogP contribution in [0, 0.1) is 5.82 Å². The highest BCUT2D eigenvalue weighted by Gasteiger charge is 2.36. The number of ether oxygens (including phenoxy) is 1. The van der Waals surface area contributed by atoms with Gasteiger partial charge in [-0.1, -0.05) is 17.6 Å². The highest BCUT2D eigenvalue weighted by atomic mass is 19.4. The van der Waals surface area contributed by atoms with Gasteiger partial charge in [-0.05, 0) is 18.6 Å². The Balaban J connectivity index is 2.37. The molecular weight excluding hydrogens is 223 g/mol. The standard InChI is InChI=1S/C10H10BF4O/c1-10(4-5-16-10)7-2-3-8(9(12)6-7)11(13,14)15/h2-3,6H,4-5H2,1H3/q-1. The second-order valence-corrected chi connectivity index (χ2v) is 4.14. The molecule has 2 rings (SSSR count). The quantitative estimate of drug-likeness (QED) is 0.563. The summed E-state index contributed by atoms with van der Waals surface area (Å²) < 4.78 is 55.6. The summed E-state index contributed by atoms with van der Waals surface area (Å²) in [4.78, 5) is 0. The largest absolute Gasteiger partial charge is 0.512 e. The smallest absolute Gasteiger partial charge is 0.445 e. The number of hydrogen-bond donors (Lipinski definition) is 0. The predicted molar refractivity (Wildman–Crippen MR) is 53.0 cm³/mol. The third kappa shape index (κ3) is 1.82. The van der Waals surface area contributed by atoms with Crippen LogP contribution in [0.1, 0.15) is 18.9 Å². The van der Waals surface area contributed by atoms with Crippen LogP contribution in [0.5, 0.6) is 0 Å². The Labute approximate surface area is 90.5 Å². The Kier molecular flexibility index (Phi) is 2.49. The summed E-state index contributed by atoms with van der Waals surface area (Å²) in [6, 6.07) is 2.99. The third-order valence-corrected chi connectivity index (χ3v) is 2.96. The van der Waals surface area contributed by atoms with E-state index in [2.05, 4.69) is 0 Å². The number of benzene rings is 1. The molecule has 1 nitrogen and oxygen atoms in total. The first-order chi connectivity index (χ1) is 7.33. The van der Waals surface area contributed by atoms with E-state index in [9.17, 15) is 17.3 Å². The molecule has 1 heterocycles. The molecule has 0 saturated carbocycles. The molecule has 1 aromatic carbocycles. The molecule has 0 bridgehead atoms. The van der Waals surface area contributed by atoms with Crippen LogP contribution in [0.4, 0.5) is 17.3 Å². The minimum absolute atomic E-state index is 0.458. The van der Waals surface area contributed by atoms with Gasteiger partial charge in [0.05, 0.1) is 18.0 Å². The average Bonchev–Trinajstić information content (AvgIpc) is 2.12. The average molecular weight is 233 g/mol. The minimum atomic E-state index is -5.29. The summed E-state index contributed by atoms with van der Waals surface area (Å²) in [7, 11) is 0. The van der Waals surface area contributed by atoms with Crippen molar-refractivity contribution in [2.45, 2.75) is 18.9 Å². The molecule has 1 unspecified atom stereocenters. The number of halogens is 4. The van der Waals surface area contributed by atoms with E-state index in [1.165, 1.54) is 6.07 Å². The summed E-state index contributed by atoms with van der Waals surface area (Å²) in [6.45, 7) is -2.99. The van der Waals surface area contributed by atoms with Gasteiger partial charge in [0.25, 0.3) is 0 Å². The zero-order valence-corrected chi connectivity index (χ0v) is 8.64. The molecule has 1 saturated heterocycles. The Morgan fingerprint density at radius 3 is 2.31 bits per heavy atom. The van der Waals surface area contributed by atoms with Crippen molar-refractivity contribution in [2.75, 3.05) is 6.61 Å². The second-order valence-electron chi connectivity index (χ2n) is 4.14. The molecule has 16 heavy (non-hydrogen) atoms. The molecule has 1 atom stereocenters. The van der Waals surface area contributed by atoms with Gasteiger partial charge in [-0.25, -0.2) is 4.39 Å². The maximum absolute atomic E-state index is 13.3. The van der Waals surface area contributed by atoms with E-state index < -0.39 is 23.9 Å². The van der Waals surface area contributed by atoms with Crippen LogP contribution in [-0.4, -0.2) is 13.6 Å². The first-order valence-electron chi connectivity index (χ1n) is 4.97. The van der Waals surface area contributed by atoms with E-state index in [1.54, 1.807) is 6.92 Å². The van der Waals surface area contributed by atoms with Crippen molar-refractivity contribution in [3.63, 3.8) is 0 Å². The fourth-order valence-corrected chi connectivity index (χ4v) is 1.76. The van der Waals surface area contributed by atoms with Crippen molar-refractivity contribution < 1.29 is 22.1 Å². The van der Waals surface area contributed by atoms with Gasteiger partial charge in [-0.15, -0.1) is 0 Å². The SMILES string of the molecule is CC1(c2ccc([B-](F)(F)F)c(F)c2)CCO1. The van der Waals surface area contributed by atoms with Gasteiger partial charge in [-0.3, -0.25) is 0 Å². The van der Waals surface area contributed by atoms with Crippen LogP contribution < -0.4 is 5.46 Å². The topological polar surface area (TPSA) is 9.23 Å². The van der Waals surface area contributed by atoms with Crippen LogP contribution in [0.2, 0.25) is 0 Å². The number of hydrogen-bond acceptors (Lipinski definition) is 1. The van der Waals surface area contributed by atoms with Gasteiger partial charge >= 0.3 is 6.98 Å². The van der Waals surface area contributed by atoms with Crippen molar-refractivity contribution in [1.29, 1.82) is 0 Å². The van der Waals surface area contributed by atoms with Crippen LogP contribution >= 0.6 is 0 Å². The lowest BCUT2D eigenvalue weighted by Crippen LogP contribution is -2.40. The molecule has 1 fully saturated rings. The maximum atomic E-state index is 13.3. The fourth-order valence-electron chi connectivity index (χ4n) is 1.76. The third-order valence-electron chi connectivity index (χ3n) is 2.96. The molecule has 0 spiro atoms. The van der Waals surface area contributed by atoms with Crippen LogP contribution in [0.3, 0.4) is 0 Å². The lowest BCUT2D eigenvalue weighted by molar-refractivity contribution is -0.140. The lowest BCUT2D eigenvalue weighted by Gasteiger charge is -2.39. The van der Waals surface area contributed by atoms with Crippen LogP contribution in [0.25, 0.3) is 0 Å². The molecular formula is C10H10BF4O-. The fraction of sp³-hybridized carbons (Fsp3) is 0.400. The van der Waals surface area contributed by atoms with Crippen molar-refractivity contribution in [3.05, 3.63) is 29.6 Å². The van der Waals surface area contributed by atoms with E-state index in [-0.39, 0.29) is 0 Å². The monoisotopic (exact) mass is 233 g/mol. The van der Waals surface area contributed by atoms with Gasteiger partial charge < -0.3 is 17.7 Å². The molecule has 88 valence electrons. The molecule has 0 aliphatic carbocycles. The maximum Gasteiger partial charge on any atom is 0.512 e. The van der Waals surface area contributed by atoms with Crippen molar-refractivity contribution >= 4 is 12.4 Å². The van der Waals surface area contributed by atoms with Crippen molar-refractivity contribution in [2.24, 2.45) is 0 Å². The van der Waals surface area contributed by atoms with Gasteiger partial charge in [-0.2, -0.15) is 0 Å². The lowest BCUT2D eigenvalue weighted by atomic mass is 9.77. The molecule has 0 radical (unpaired) electrons. The van der Waals surface area contributed by atoms with Crippen LogP contribution in [-0.2, 0) is 10.3 Å². The van der Waals surface area contributed by atoms with Gasteiger partial charge in [0.1, 0.15) is 0 Å². The van der Waals surface area contributed by atoms with Crippen molar-refractivity contribution in [1.82, 2.24) is 0 Å². The first kappa shape index (κ1) is 11.5. The normalized spacial score (nSPS) is 25.3. The van der Waals surface area contributed by atoms with Gasteiger partial charge in [0.2, 0.25) is 0 Å². The molecule has 1 aliphatic heterocycles. The Morgan fingerprint density at radius 2 is 1.94 bits per heavy atom. The molecule has 0 aromatic heterocycles. The Hall–Kier alpha value is -1.04. The first-order valence-corrected chi connectivity index (χ1v) is 4.97. The second kappa shape index (κ2) is 3.48. The predicted octanol–water partition coefficient (Wildman–Crippen LogP) is 2.52. The zero-order chi connectivity index (χ0) is 12.0. The van der Waals surface area contributed by atoms with E-state index >= 15 is 0 Å². The highest BCUT2D eigenvalue weighted by molar-refractivity contribution is 6.73. The van der Waals surface area contributed by atoms with E-state index in [0.717, 1.165) is 12.1 Å². The molecule has 6 heteroatoms. The van der Waals surface area contributed by atoms with E-state index in [4.69, 9.17) is 4.74 Å². The molecule has 1 aliphatic rings. The number of rotatable bonds is 2. The zero-order valence-electron chi connectivity index (χ0n) is 8.64. The van der Waals surface area contributed by atoms with E-state index in [1.807, 2.05) is 0 Å². The summed E-state index contributed by atoms with van der Waals surface area (Å²) in [5.41, 5.74) is -1.34. The van der Waals surface area contributed by atoms with Gasteiger partial charge in [0.15, 0.2) is 0 Å². The summed E-state index contributed by atoms with van der Waals surface area (Å²) >= 11 is 0. The molecule has 0 amide bonds. The Bertz CT molecular complexity index is 412. The molecule has 1 aromatic rings. The summed E-state index contributed by atoms with van der Waals surface area (Å²) in [5, 5.41) is 0. The summed E-state index contributed by atoms with van der Waals surface area (Å²) in [5.74, 6) is -1.22. The summed E-state index contributed by atoms with van der Waals surface area (Å²) in [6.07, 6.45) is 0.697. The Morgan fingerprint density at radius 1 is 1.31 bits per heavy atom. The van der Waals surface area contributed by atoms with Gasteiger partial charge in [0, 0.05) is 6.42 Å². The van der Waals surface area contributed by atoms with Crippen molar-refractivity contribution in [3.8, 4) is 0 Å². The minimum Gasteiger partial charge on any atom is -0.445 e.